The smallest absolute Gasteiger partial charge is 0.339 e. The van der Waals surface area contributed by atoms with Crippen LogP contribution in [0.2, 0.25) is 0 Å². The molecule has 1 aliphatic heterocycles. The molecule has 0 spiro atoms. The fourth-order valence-electron chi connectivity index (χ4n) is 1.39. The number of rotatable bonds is 2. The Morgan fingerprint density at radius 2 is 2.44 bits per heavy atom. The van der Waals surface area contributed by atoms with E-state index >= 15 is 0 Å². The maximum atomic E-state index is 10.9. The first kappa shape index (κ1) is 10.5. The Labute approximate surface area is 96.3 Å². The number of carboxylic acids is 1. The molecule has 0 atom stereocenters. The van der Waals surface area contributed by atoms with E-state index in [0.717, 1.165) is 0 Å². The molecule has 2 heterocycles. The van der Waals surface area contributed by atoms with Gasteiger partial charge in [-0.3, -0.25) is 0 Å². The summed E-state index contributed by atoms with van der Waals surface area (Å²) in [7, 11) is 1.70. The normalized spacial score (nSPS) is 13.6. The monoisotopic (exact) mass is 237 g/mol. The Kier molecular flexibility index (Phi) is 2.56. The van der Waals surface area contributed by atoms with Crippen LogP contribution in [0.5, 0.6) is 0 Å². The van der Waals surface area contributed by atoms with Crippen LogP contribution in [0.1, 0.15) is 16.1 Å². The Morgan fingerprint density at radius 1 is 1.69 bits per heavy atom. The summed E-state index contributed by atoms with van der Waals surface area (Å²) in [5.74, 6) is -0.443. The van der Waals surface area contributed by atoms with Crippen molar-refractivity contribution in [2.45, 2.75) is 0 Å². The van der Waals surface area contributed by atoms with E-state index in [1.165, 1.54) is 17.0 Å². The molecule has 0 saturated carbocycles. The summed E-state index contributed by atoms with van der Waals surface area (Å²) in [6.45, 7) is 0. The summed E-state index contributed by atoms with van der Waals surface area (Å²) >= 11 is 5.84. The average Bonchev–Trinajstić information content (AvgIpc) is 2.60. The third kappa shape index (κ3) is 1.62. The van der Waals surface area contributed by atoms with Crippen molar-refractivity contribution < 1.29 is 9.90 Å². The van der Waals surface area contributed by atoms with Gasteiger partial charge in [0, 0.05) is 19.2 Å². The Balaban J connectivity index is 2.68. The van der Waals surface area contributed by atoms with E-state index in [0.29, 0.717) is 16.5 Å². The minimum atomic E-state index is -1.03. The van der Waals surface area contributed by atoms with Gasteiger partial charge < -0.3 is 10.4 Å². The van der Waals surface area contributed by atoms with Gasteiger partial charge in [0.2, 0.25) is 0 Å². The van der Waals surface area contributed by atoms with Gasteiger partial charge in [-0.1, -0.05) is 17.3 Å². The van der Waals surface area contributed by atoms with Crippen molar-refractivity contribution in [3.05, 3.63) is 34.3 Å². The molecule has 6 heteroatoms. The summed E-state index contributed by atoms with van der Waals surface area (Å²) in [4.78, 5) is 10.9. The highest BCUT2D eigenvalue weighted by Crippen LogP contribution is 2.19. The van der Waals surface area contributed by atoms with Gasteiger partial charge in [-0.05, 0) is 0 Å². The van der Waals surface area contributed by atoms with Crippen molar-refractivity contribution >= 4 is 29.5 Å². The fourth-order valence-corrected chi connectivity index (χ4v) is 1.55. The number of nitrogens with zero attached hydrogens (tertiary/aromatic N) is 2. The molecule has 0 amide bonds. The second kappa shape index (κ2) is 3.89. The number of allylic oxidation sites excluding steroid dienone is 2. The highest BCUT2D eigenvalue weighted by molar-refractivity contribution is 6.31. The van der Waals surface area contributed by atoms with Crippen LogP contribution in [0.3, 0.4) is 0 Å². The van der Waals surface area contributed by atoms with Crippen LogP contribution in [0.15, 0.2) is 23.0 Å². The van der Waals surface area contributed by atoms with Gasteiger partial charge in [-0.2, -0.15) is 5.10 Å². The molecular formula is C10H8ClN3O2. The third-order valence-electron chi connectivity index (χ3n) is 2.13. The van der Waals surface area contributed by atoms with Crippen LogP contribution < -0.4 is 5.32 Å². The summed E-state index contributed by atoms with van der Waals surface area (Å²) < 4.78 is 1.46. The molecule has 0 fully saturated rings. The number of halogens is 1. The summed E-state index contributed by atoms with van der Waals surface area (Å²) in [5.41, 5.74) is 3.31. The van der Waals surface area contributed by atoms with Crippen LogP contribution in [0.25, 0.3) is 11.9 Å². The molecule has 5 nitrogen and oxygen atoms in total. The molecule has 1 aromatic heterocycles. The number of hydrogen-bond donors (Lipinski definition) is 2. The fraction of sp³-hybridized carbons (Fsp3) is 0.100. The van der Waals surface area contributed by atoms with Crippen molar-refractivity contribution in [1.82, 2.24) is 15.1 Å². The molecular weight excluding hydrogens is 230 g/mol. The standard InChI is InChI=1S/C10H8ClN3O2/c1-12-9-4-6(11)2-3-8-7(10(15)16)5-13-14(8)9/h3-5,12H,1H3,(H,15,16). The molecule has 2 rings (SSSR count). The first-order valence-electron chi connectivity index (χ1n) is 4.47. The number of aromatic carboxylic acids is 1. The maximum absolute atomic E-state index is 10.9. The third-order valence-corrected chi connectivity index (χ3v) is 2.35. The summed E-state index contributed by atoms with van der Waals surface area (Å²) in [6, 6.07) is 0. The van der Waals surface area contributed by atoms with Gasteiger partial charge in [0.1, 0.15) is 11.4 Å². The van der Waals surface area contributed by atoms with Gasteiger partial charge in [0.05, 0.1) is 16.9 Å². The van der Waals surface area contributed by atoms with Gasteiger partial charge >= 0.3 is 5.97 Å². The number of fused-ring (bicyclic) bond motifs is 1. The average molecular weight is 238 g/mol. The minimum absolute atomic E-state index is 0.111. The minimum Gasteiger partial charge on any atom is -0.478 e. The molecule has 0 saturated heterocycles. The van der Waals surface area contributed by atoms with E-state index < -0.39 is 5.97 Å². The number of carboxylic acid groups (broad SMARTS) is 1. The van der Waals surface area contributed by atoms with Crippen molar-refractivity contribution in [3.63, 3.8) is 0 Å². The van der Waals surface area contributed by atoms with E-state index in [4.69, 9.17) is 16.7 Å². The zero-order chi connectivity index (χ0) is 11.7. The Hall–Kier alpha value is -1.97. The first-order chi connectivity index (χ1) is 7.63. The van der Waals surface area contributed by atoms with Gasteiger partial charge in [0.15, 0.2) is 0 Å². The molecule has 0 aromatic carbocycles. The van der Waals surface area contributed by atoms with Gasteiger partial charge in [-0.15, -0.1) is 0 Å². The Morgan fingerprint density at radius 3 is 3.06 bits per heavy atom. The highest BCUT2D eigenvalue weighted by Gasteiger charge is 2.17. The van der Waals surface area contributed by atoms with E-state index in [2.05, 4.69) is 16.1 Å². The molecule has 0 bridgehead atoms. The maximum Gasteiger partial charge on any atom is 0.339 e. The molecule has 0 aliphatic carbocycles. The second-order valence-corrected chi connectivity index (χ2v) is 3.48. The largest absolute Gasteiger partial charge is 0.478 e. The lowest BCUT2D eigenvalue weighted by Crippen LogP contribution is -2.14. The lowest BCUT2D eigenvalue weighted by molar-refractivity contribution is 0.0696. The van der Waals surface area contributed by atoms with Crippen LogP contribution in [0.4, 0.5) is 0 Å². The predicted octanol–water partition coefficient (Wildman–Crippen LogP) is 1.35. The highest BCUT2D eigenvalue weighted by atomic mass is 35.5. The van der Waals surface area contributed by atoms with Crippen molar-refractivity contribution in [3.8, 4) is 0 Å². The summed E-state index contributed by atoms with van der Waals surface area (Å²) in [6.07, 6.45) is 4.41. The number of nitrogens with one attached hydrogen (secondary N) is 1. The van der Waals surface area contributed by atoms with Crippen LogP contribution in [0, 0.1) is 0 Å². The zero-order valence-electron chi connectivity index (χ0n) is 8.36. The van der Waals surface area contributed by atoms with Crippen molar-refractivity contribution in [2.75, 3.05) is 7.05 Å². The number of carbonyl (C=O) groups is 1. The van der Waals surface area contributed by atoms with Crippen LogP contribution in [-0.2, 0) is 0 Å². The predicted molar refractivity (Wildman–Crippen MR) is 59.9 cm³/mol. The molecule has 0 unspecified atom stereocenters. The molecule has 2 N–H and O–H groups in total. The van der Waals surface area contributed by atoms with Crippen LogP contribution in [-0.4, -0.2) is 27.9 Å². The lowest BCUT2D eigenvalue weighted by atomic mass is 10.2. The molecule has 0 radical (unpaired) electrons. The van der Waals surface area contributed by atoms with Crippen LogP contribution >= 0.6 is 11.6 Å². The number of hydrogen-bond acceptors (Lipinski definition) is 3. The molecule has 1 aliphatic rings. The van der Waals surface area contributed by atoms with E-state index in [-0.39, 0.29) is 5.56 Å². The lowest BCUT2D eigenvalue weighted by Gasteiger charge is -2.07. The van der Waals surface area contributed by atoms with E-state index in [9.17, 15) is 4.79 Å². The molecule has 1 aromatic rings. The quantitative estimate of drug-likeness (QED) is 0.762. The van der Waals surface area contributed by atoms with Gasteiger partial charge in [0.25, 0.3) is 0 Å². The van der Waals surface area contributed by atoms with Crippen molar-refractivity contribution in [1.29, 1.82) is 0 Å². The molecule has 16 heavy (non-hydrogen) atoms. The molecule has 82 valence electrons. The Bertz CT molecular complexity index is 550. The zero-order valence-corrected chi connectivity index (χ0v) is 9.12. The summed E-state index contributed by atoms with van der Waals surface area (Å²) in [5, 5.41) is 16.2. The number of aromatic nitrogens is 2. The SMILES string of the molecule is CNC1=CC(Cl)=C=Cc2c(C(=O)O)cnn21. The topological polar surface area (TPSA) is 67.2 Å². The van der Waals surface area contributed by atoms with Crippen molar-refractivity contribution in [2.24, 2.45) is 0 Å². The first-order valence-corrected chi connectivity index (χ1v) is 4.84. The second-order valence-electron chi connectivity index (χ2n) is 3.08. The van der Waals surface area contributed by atoms with E-state index in [1.807, 2.05) is 0 Å². The van der Waals surface area contributed by atoms with Gasteiger partial charge in [-0.25, -0.2) is 9.48 Å². The van der Waals surface area contributed by atoms with E-state index in [1.54, 1.807) is 13.1 Å².